The molecule has 3 rings (SSSR count). The zero-order valence-corrected chi connectivity index (χ0v) is 17.1. The van der Waals surface area contributed by atoms with Gasteiger partial charge in [0.2, 0.25) is 0 Å². The summed E-state index contributed by atoms with van der Waals surface area (Å²) in [6.45, 7) is 3.59. The monoisotopic (exact) mass is 404 g/mol. The quantitative estimate of drug-likeness (QED) is 0.600. The van der Waals surface area contributed by atoms with Crippen molar-refractivity contribution in [1.29, 1.82) is 0 Å². The third kappa shape index (κ3) is 5.17. The van der Waals surface area contributed by atoms with Crippen LogP contribution in [0.4, 0.5) is 11.4 Å². The lowest BCUT2D eigenvalue weighted by Crippen LogP contribution is -2.30. The molecule has 0 radical (unpaired) electrons. The third-order valence-electron chi connectivity index (χ3n) is 4.56. The molecule has 0 saturated heterocycles. The molecule has 154 valence electrons. The largest absolute Gasteiger partial charge is 0.495 e. The van der Waals surface area contributed by atoms with Crippen molar-refractivity contribution in [2.45, 2.75) is 20.0 Å². The number of rotatable bonds is 7. The molecule has 0 heterocycles. The van der Waals surface area contributed by atoms with Gasteiger partial charge in [0.1, 0.15) is 11.5 Å². The molecular weight excluding hydrogens is 380 g/mol. The van der Waals surface area contributed by atoms with Crippen molar-refractivity contribution in [3.05, 3.63) is 83.9 Å². The molecule has 0 aliphatic heterocycles. The Hall–Kier alpha value is -3.80. The zero-order valence-electron chi connectivity index (χ0n) is 17.1. The second kappa shape index (κ2) is 9.60. The molecule has 2 N–H and O–H groups in total. The van der Waals surface area contributed by atoms with Gasteiger partial charge < -0.3 is 20.1 Å². The normalized spacial score (nSPS) is 11.3. The van der Waals surface area contributed by atoms with Crippen LogP contribution in [0.2, 0.25) is 0 Å². The molecule has 6 nitrogen and oxygen atoms in total. The van der Waals surface area contributed by atoms with Crippen molar-refractivity contribution < 1.29 is 19.1 Å². The number of anilines is 2. The van der Waals surface area contributed by atoms with Gasteiger partial charge in [-0.25, -0.2) is 0 Å². The van der Waals surface area contributed by atoms with Crippen LogP contribution in [-0.2, 0) is 4.79 Å². The van der Waals surface area contributed by atoms with E-state index in [0.717, 1.165) is 11.3 Å². The van der Waals surface area contributed by atoms with Crippen LogP contribution in [0.3, 0.4) is 0 Å². The standard InChI is InChI=1S/C24H24N2O4/c1-16-8-4-5-9-20(16)25-24(28)18-12-14-19(15-13-18)30-17(2)23(27)26-21-10-6-7-11-22(21)29-3/h4-15,17H,1-3H3,(H,25,28)(H,26,27)/t17-/m1/s1. The number of hydrogen-bond donors (Lipinski definition) is 2. The minimum Gasteiger partial charge on any atom is -0.495 e. The van der Waals surface area contributed by atoms with Gasteiger partial charge in [-0.15, -0.1) is 0 Å². The first kappa shape index (κ1) is 20.9. The lowest BCUT2D eigenvalue weighted by Gasteiger charge is -2.16. The molecule has 0 spiro atoms. The van der Waals surface area contributed by atoms with Gasteiger partial charge in [-0.05, 0) is 61.9 Å². The summed E-state index contributed by atoms with van der Waals surface area (Å²) in [5.41, 5.74) is 2.82. The molecule has 30 heavy (non-hydrogen) atoms. The van der Waals surface area contributed by atoms with Crippen molar-refractivity contribution >= 4 is 23.2 Å². The molecule has 0 fully saturated rings. The highest BCUT2D eigenvalue weighted by atomic mass is 16.5. The summed E-state index contributed by atoms with van der Waals surface area (Å²) in [6.07, 6.45) is -0.735. The number of amides is 2. The number of methoxy groups -OCH3 is 1. The van der Waals surface area contributed by atoms with E-state index in [-0.39, 0.29) is 11.8 Å². The minimum absolute atomic E-state index is 0.210. The Morgan fingerprint density at radius 1 is 0.833 bits per heavy atom. The van der Waals surface area contributed by atoms with E-state index in [1.54, 1.807) is 50.4 Å². The first-order valence-electron chi connectivity index (χ1n) is 9.55. The molecule has 6 heteroatoms. The van der Waals surface area contributed by atoms with Crippen LogP contribution in [0.1, 0.15) is 22.8 Å². The van der Waals surface area contributed by atoms with Gasteiger partial charge in [0.05, 0.1) is 12.8 Å². The van der Waals surface area contributed by atoms with E-state index in [4.69, 9.17) is 9.47 Å². The van der Waals surface area contributed by atoms with Crippen LogP contribution < -0.4 is 20.1 Å². The summed E-state index contributed by atoms with van der Waals surface area (Å²) in [5.74, 6) is 0.547. The molecule has 0 aromatic heterocycles. The van der Waals surface area contributed by atoms with E-state index in [0.29, 0.717) is 22.7 Å². The lowest BCUT2D eigenvalue weighted by atomic mass is 10.1. The second-order valence-corrected chi connectivity index (χ2v) is 6.74. The highest BCUT2D eigenvalue weighted by Crippen LogP contribution is 2.24. The Morgan fingerprint density at radius 3 is 2.13 bits per heavy atom. The highest BCUT2D eigenvalue weighted by Gasteiger charge is 2.17. The Labute approximate surface area is 175 Å². The second-order valence-electron chi connectivity index (χ2n) is 6.74. The molecule has 0 unspecified atom stereocenters. The third-order valence-corrected chi connectivity index (χ3v) is 4.56. The summed E-state index contributed by atoms with van der Waals surface area (Å²) < 4.78 is 10.9. The van der Waals surface area contributed by atoms with Crippen molar-refractivity contribution in [2.24, 2.45) is 0 Å². The molecule has 1 atom stereocenters. The number of aryl methyl sites for hydroxylation is 1. The molecule has 0 aliphatic rings. The van der Waals surface area contributed by atoms with Gasteiger partial charge in [0.25, 0.3) is 11.8 Å². The number of hydrogen-bond acceptors (Lipinski definition) is 4. The number of para-hydroxylation sites is 3. The summed E-state index contributed by atoms with van der Waals surface area (Å²) in [5, 5.41) is 5.68. The molecule has 0 saturated carbocycles. The van der Waals surface area contributed by atoms with Gasteiger partial charge in [0, 0.05) is 11.3 Å². The van der Waals surface area contributed by atoms with E-state index in [1.165, 1.54) is 0 Å². The van der Waals surface area contributed by atoms with Gasteiger partial charge in [-0.1, -0.05) is 30.3 Å². The van der Waals surface area contributed by atoms with Gasteiger partial charge >= 0.3 is 0 Å². The first-order valence-corrected chi connectivity index (χ1v) is 9.55. The summed E-state index contributed by atoms with van der Waals surface area (Å²) in [7, 11) is 1.54. The van der Waals surface area contributed by atoms with Gasteiger partial charge in [-0.3, -0.25) is 9.59 Å². The SMILES string of the molecule is COc1ccccc1NC(=O)[C@@H](C)Oc1ccc(C(=O)Nc2ccccc2C)cc1. The maximum Gasteiger partial charge on any atom is 0.265 e. The fourth-order valence-corrected chi connectivity index (χ4v) is 2.83. The number of nitrogens with one attached hydrogen (secondary N) is 2. The summed E-state index contributed by atoms with van der Waals surface area (Å²) in [4.78, 5) is 24.9. The van der Waals surface area contributed by atoms with E-state index >= 15 is 0 Å². The number of carbonyl (C=O) groups is 2. The minimum atomic E-state index is -0.735. The van der Waals surface area contributed by atoms with E-state index in [2.05, 4.69) is 10.6 Å². The predicted octanol–water partition coefficient (Wildman–Crippen LogP) is 4.66. The molecule has 2 amide bonds. The Morgan fingerprint density at radius 2 is 1.47 bits per heavy atom. The number of ether oxygens (including phenoxy) is 2. The van der Waals surface area contributed by atoms with Crippen LogP contribution in [0.25, 0.3) is 0 Å². The number of carbonyl (C=O) groups excluding carboxylic acids is 2. The highest BCUT2D eigenvalue weighted by molar-refractivity contribution is 6.04. The lowest BCUT2D eigenvalue weighted by molar-refractivity contribution is -0.122. The number of benzene rings is 3. The average Bonchev–Trinajstić information content (AvgIpc) is 2.76. The molecule has 0 aliphatic carbocycles. The Balaban J connectivity index is 1.60. The molecule has 3 aromatic rings. The predicted molar refractivity (Wildman–Crippen MR) is 117 cm³/mol. The van der Waals surface area contributed by atoms with E-state index < -0.39 is 6.10 Å². The van der Waals surface area contributed by atoms with Crippen LogP contribution >= 0.6 is 0 Å². The Bertz CT molecular complexity index is 1030. The van der Waals surface area contributed by atoms with Crippen molar-refractivity contribution in [1.82, 2.24) is 0 Å². The van der Waals surface area contributed by atoms with Gasteiger partial charge in [-0.2, -0.15) is 0 Å². The maximum atomic E-state index is 12.4. The topological polar surface area (TPSA) is 76.7 Å². The van der Waals surface area contributed by atoms with Crippen LogP contribution in [-0.4, -0.2) is 25.0 Å². The van der Waals surface area contributed by atoms with Crippen LogP contribution in [0.15, 0.2) is 72.8 Å². The molecule has 3 aromatic carbocycles. The van der Waals surface area contributed by atoms with Crippen molar-refractivity contribution in [3.63, 3.8) is 0 Å². The fourth-order valence-electron chi connectivity index (χ4n) is 2.83. The maximum absolute atomic E-state index is 12.4. The summed E-state index contributed by atoms with van der Waals surface area (Å²) in [6, 6.07) is 21.4. The smallest absolute Gasteiger partial charge is 0.265 e. The van der Waals surface area contributed by atoms with Crippen LogP contribution in [0, 0.1) is 6.92 Å². The van der Waals surface area contributed by atoms with Crippen molar-refractivity contribution in [3.8, 4) is 11.5 Å². The zero-order chi connectivity index (χ0) is 21.5. The fraction of sp³-hybridized carbons (Fsp3) is 0.167. The van der Waals surface area contributed by atoms with Gasteiger partial charge in [0.15, 0.2) is 6.10 Å². The average molecular weight is 404 g/mol. The van der Waals surface area contributed by atoms with E-state index in [1.807, 2.05) is 43.3 Å². The van der Waals surface area contributed by atoms with Crippen LogP contribution in [0.5, 0.6) is 11.5 Å². The van der Waals surface area contributed by atoms with E-state index in [9.17, 15) is 9.59 Å². The Kier molecular flexibility index (Phi) is 6.70. The molecule has 0 bridgehead atoms. The molecular formula is C24H24N2O4. The first-order chi connectivity index (χ1) is 14.5. The van der Waals surface area contributed by atoms with Crippen molar-refractivity contribution in [2.75, 3.05) is 17.7 Å². The summed E-state index contributed by atoms with van der Waals surface area (Å²) >= 11 is 0.